The summed E-state index contributed by atoms with van der Waals surface area (Å²) < 4.78 is 7.15. The Labute approximate surface area is 184 Å². The third kappa shape index (κ3) is 3.86. The molecule has 32 heavy (non-hydrogen) atoms. The van der Waals surface area contributed by atoms with Crippen LogP contribution in [0.5, 0.6) is 0 Å². The van der Waals surface area contributed by atoms with Crippen molar-refractivity contribution in [2.45, 2.75) is 45.6 Å². The highest BCUT2D eigenvalue weighted by molar-refractivity contribution is 6.03. The molecule has 0 saturated heterocycles. The van der Waals surface area contributed by atoms with Gasteiger partial charge in [0, 0.05) is 23.7 Å². The van der Waals surface area contributed by atoms with Crippen LogP contribution in [0.4, 0.5) is 5.82 Å². The number of nitrogens with one attached hydrogen (secondary N) is 1. The fourth-order valence-corrected chi connectivity index (χ4v) is 3.42. The minimum absolute atomic E-state index is 0.0761. The van der Waals surface area contributed by atoms with Gasteiger partial charge in [-0.2, -0.15) is 0 Å². The summed E-state index contributed by atoms with van der Waals surface area (Å²) in [7, 11) is 0. The minimum Gasteiger partial charge on any atom is -0.360 e. The fraction of sp³-hybridized carbons (Fsp3) is 0.318. The molecule has 10 heteroatoms. The van der Waals surface area contributed by atoms with Crippen molar-refractivity contribution in [3.05, 3.63) is 53.5 Å². The van der Waals surface area contributed by atoms with Crippen molar-refractivity contribution < 1.29 is 9.32 Å². The van der Waals surface area contributed by atoms with E-state index in [1.807, 2.05) is 26.8 Å². The van der Waals surface area contributed by atoms with Crippen molar-refractivity contribution in [2.24, 2.45) is 0 Å². The molecule has 1 aliphatic carbocycles. The van der Waals surface area contributed by atoms with Crippen LogP contribution in [0, 0.1) is 6.92 Å². The lowest BCUT2D eigenvalue weighted by atomic mass is 10.1. The molecule has 0 aliphatic heterocycles. The molecule has 0 bridgehead atoms. The molecule has 4 heterocycles. The van der Waals surface area contributed by atoms with E-state index in [1.165, 1.54) is 0 Å². The van der Waals surface area contributed by atoms with Crippen molar-refractivity contribution in [3.8, 4) is 22.8 Å². The molecule has 4 aromatic rings. The summed E-state index contributed by atoms with van der Waals surface area (Å²) in [5, 5.41) is 18.8. The van der Waals surface area contributed by atoms with E-state index in [0.717, 1.165) is 29.7 Å². The predicted molar refractivity (Wildman–Crippen MR) is 116 cm³/mol. The third-order valence-electron chi connectivity index (χ3n) is 5.32. The Morgan fingerprint density at radius 1 is 1.22 bits per heavy atom. The molecule has 4 aromatic heterocycles. The van der Waals surface area contributed by atoms with Gasteiger partial charge >= 0.3 is 0 Å². The van der Waals surface area contributed by atoms with E-state index in [2.05, 4.69) is 36.0 Å². The van der Waals surface area contributed by atoms with E-state index in [1.54, 1.807) is 35.1 Å². The highest BCUT2D eigenvalue weighted by Gasteiger charge is 2.28. The van der Waals surface area contributed by atoms with Crippen LogP contribution in [0.2, 0.25) is 0 Å². The van der Waals surface area contributed by atoms with Crippen LogP contribution < -0.4 is 5.32 Å². The Balaban J connectivity index is 1.39. The molecular formula is C22H22N8O2. The summed E-state index contributed by atoms with van der Waals surface area (Å²) in [6.45, 7) is 5.89. The molecule has 5 rings (SSSR count). The average molecular weight is 430 g/mol. The smallest absolute Gasteiger partial charge is 0.275 e. The Morgan fingerprint density at radius 3 is 2.84 bits per heavy atom. The molecule has 0 aromatic carbocycles. The maximum absolute atomic E-state index is 12.9. The van der Waals surface area contributed by atoms with Gasteiger partial charge in [0.05, 0.1) is 6.04 Å². The van der Waals surface area contributed by atoms with Gasteiger partial charge in [0.2, 0.25) is 5.82 Å². The van der Waals surface area contributed by atoms with Crippen LogP contribution in [0.25, 0.3) is 22.8 Å². The van der Waals surface area contributed by atoms with Crippen molar-refractivity contribution in [1.29, 1.82) is 0 Å². The Kier molecular flexibility index (Phi) is 4.96. The van der Waals surface area contributed by atoms with Crippen molar-refractivity contribution in [1.82, 2.24) is 35.3 Å². The first-order valence-corrected chi connectivity index (χ1v) is 10.5. The predicted octanol–water partition coefficient (Wildman–Crippen LogP) is 3.80. The number of carbonyl (C=O) groups excluding carboxylic acids is 1. The highest BCUT2D eigenvalue weighted by atomic mass is 16.5. The molecular weight excluding hydrogens is 408 g/mol. The standard InChI is InChI=1S/C22H22N8O2/c1-12(2)30-21(26-28-29-30)16-5-4-6-20(24-16)25-22(31)18-9-15(13(3)11-23-18)17-10-19(32-27-17)14-7-8-14/h4-6,9-12,14H,7-8H2,1-3H3,(H,24,25,31). The second kappa shape index (κ2) is 7.95. The zero-order valence-electron chi connectivity index (χ0n) is 18.0. The molecule has 1 N–H and O–H groups in total. The Bertz CT molecular complexity index is 1290. The minimum atomic E-state index is -0.370. The Hall–Kier alpha value is -3.95. The van der Waals surface area contributed by atoms with Gasteiger partial charge in [-0.15, -0.1) is 5.10 Å². The Morgan fingerprint density at radius 2 is 2.06 bits per heavy atom. The van der Waals surface area contributed by atoms with Gasteiger partial charge in [0.25, 0.3) is 5.91 Å². The quantitative estimate of drug-likeness (QED) is 0.490. The highest BCUT2D eigenvalue weighted by Crippen LogP contribution is 2.41. The van der Waals surface area contributed by atoms with E-state index in [0.29, 0.717) is 28.9 Å². The molecule has 0 spiro atoms. The second-order valence-corrected chi connectivity index (χ2v) is 8.18. The van der Waals surface area contributed by atoms with E-state index < -0.39 is 0 Å². The number of amides is 1. The van der Waals surface area contributed by atoms with E-state index in [-0.39, 0.29) is 17.6 Å². The lowest BCUT2D eigenvalue weighted by Crippen LogP contribution is -2.15. The number of aromatic nitrogens is 7. The first kappa shape index (κ1) is 20.0. The van der Waals surface area contributed by atoms with Gasteiger partial charge in [-0.3, -0.25) is 9.78 Å². The number of tetrazole rings is 1. The molecule has 1 amide bonds. The third-order valence-corrected chi connectivity index (χ3v) is 5.32. The first-order chi connectivity index (χ1) is 15.5. The molecule has 1 fully saturated rings. The molecule has 0 unspecified atom stereocenters. The molecule has 1 saturated carbocycles. The average Bonchev–Trinajstić information content (AvgIpc) is 3.31. The first-order valence-electron chi connectivity index (χ1n) is 10.5. The largest absolute Gasteiger partial charge is 0.360 e. The number of hydrogen-bond donors (Lipinski definition) is 1. The van der Waals surface area contributed by atoms with E-state index in [4.69, 9.17) is 4.52 Å². The van der Waals surface area contributed by atoms with Crippen molar-refractivity contribution >= 4 is 11.7 Å². The van der Waals surface area contributed by atoms with Crippen LogP contribution in [0.1, 0.15) is 60.5 Å². The van der Waals surface area contributed by atoms with Gasteiger partial charge in [-0.05, 0) is 67.8 Å². The van der Waals surface area contributed by atoms with Gasteiger partial charge in [-0.1, -0.05) is 11.2 Å². The number of pyridine rings is 2. The van der Waals surface area contributed by atoms with Crippen LogP contribution in [0.3, 0.4) is 0 Å². The van der Waals surface area contributed by atoms with Gasteiger partial charge < -0.3 is 9.84 Å². The normalized spacial score (nSPS) is 13.5. The summed E-state index contributed by atoms with van der Waals surface area (Å²) in [5.74, 6) is 1.91. The van der Waals surface area contributed by atoms with Crippen LogP contribution in [0.15, 0.2) is 41.1 Å². The van der Waals surface area contributed by atoms with Crippen LogP contribution in [-0.2, 0) is 0 Å². The fourth-order valence-electron chi connectivity index (χ4n) is 3.42. The van der Waals surface area contributed by atoms with E-state index >= 15 is 0 Å². The van der Waals surface area contributed by atoms with Gasteiger partial charge in [0.1, 0.15) is 28.7 Å². The summed E-state index contributed by atoms with van der Waals surface area (Å²) in [6, 6.07) is 9.05. The van der Waals surface area contributed by atoms with Crippen molar-refractivity contribution in [3.63, 3.8) is 0 Å². The molecule has 0 radical (unpaired) electrons. The maximum atomic E-state index is 12.9. The monoisotopic (exact) mass is 430 g/mol. The number of nitrogens with zero attached hydrogens (tertiary/aromatic N) is 7. The summed E-state index contributed by atoms with van der Waals surface area (Å²) in [4.78, 5) is 21.7. The zero-order chi connectivity index (χ0) is 22.2. The van der Waals surface area contributed by atoms with Crippen molar-refractivity contribution in [2.75, 3.05) is 5.32 Å². The number of anilines is 1. The zero-order valence-corrected chi connectivity index (χ0v) is 18.0. The summed E-state index contributed by atoms with van der Waals surface area (Å²) >= 11 is 0. The molecule has 1 aliphatic rings. The number of carbonyl (C=O) groups is 1. The topological polar surface area (TPSA) is 125 Å². The number of aryl methyl sites for hydroxylation is 1. The lowest BCUT2D eigenvalue weighted by molar-refractivity contribution is 0.102. The van der Waals surface area contributed by atoms with Crippen LogP contribution in [-0.4, -0.2) is 41.2 Å². The lowest BCUT2D eigenvalue weighted by Gasteiger charge is -2.09. The maximum Gasteiger partial charge on any atom is 0.275 e. The van der Waals surface area contributed by atoms with Gasteiger partial charge in [0.15, 0.2) is 0 Å². The molecule has 0 atom stereocenters. The molecule has 10 nitrogen and oxygen atoms in total. The SMILES string of the molecule is Cc1cnc(C(=O)Nc2cccc(-c3nnnn3C(C)C)n2)cc1-c1cc(C2CC2)on1. The molecule has 162 valence electrons. The number of hydrogen-bond acceptors (Lipinski definition) is 8. The summed E-state index contributed by atoms with van der Waals surface area (Å²) in [5.41, 5.74) is 3.27. The van der Waals surface area contributed by atoms with Gasteiger partial charge in [-0.25, -0.2) is 9.67 Å². The summed E-state index contributed by atoms with van der Waals surface area (Å²) in [6.07, 6.45) is 3.93. The second-order valence-electron chi connectivity index (χ2n) is 8.18. The van der Waals surface area contributed by atoms with Crippen LogP contribution >= 0.6 is 0 Å². The van der Waals surface area contributed by atoms with E-state index in [9.17, 15) is 4.79 Å². The number of rotatable bonds is 6.